The van der Waals surface area contributed by atoms with Gasteiger partial charge in [-0.25, -0.2) is 0 Å². The van der Waals surface area contributed by atoms with Crippen LogP contribution >= 0.6 is 0 Å². The molecule has 0 spiro atoms. The summed E-state index contributed by atoms with van der Waals surface area (Å²) in [6.07, 6.45) is -5.40. The Hall–Kier alpha value is -1.03. The Morgan fingerprint density at radius 1 is 1.15 bits per heavy atom. The van der Waals surface area contributed by atoms with Crippen molar-refractivity contribution >= 4 is 0 Å². The van der Waals surface area contributed by atoms with Crippen LogP contribution in [-0.2, 0) is 4.74 Å². The molecule has 0 aliphatic heterocycles. The van der Waals surface area contributed by atoms with Gasteiger partial charge in [-0.15, -0.1) is 0 Å². The Bertz CT molecular complexity index is 255. The number of methoxy groups -OCH3 is 1. The zero-order valence-electron chi connectivity index (χ0n) is 6.93. The molecule has 0 aliphatic carbocycles. The van der Waals surface area contributed by atoms with E-state index in [1.54, 1.807) is 6.07 Å². The van der Waals surface area contributed by atoms with E-state index in [1.165, 1.54) is 24.3 Å². The number of hydrogen-bond acceptors (Lipinski definition) is 1. The Balaban J connectivity index is 2.92. The van der Waals surface area contributed by atoms with E-state index >= 15 is 0 Å². The molecule has 0 N–H and O–H groups in total. The average Bonchev–Trinajstić information content (AvgIpc) is 2.05. The molecule has 0 saturated heterocycles. The van der Waals surface area contributed by atoms with Crippen LogP contribution < -0.4 is 0 Å². The number of hydrogen-bond donors (Lipinski definition) is 0. The zero-order valence-corrected chi connectivity index (χ0v) is 6.93. The molecule has 0 fully saturated rings. The molecule has 1 rings (SSSR count). The largest absolute Gasteiger partial charge is 0.425 e. The van der Waals surface area contributed by atoms with E-state index in [2.05, 4.69) is 4.74 Å². The molecule has 0 heterocycles. The highest BCUT2D eigenvalue weighted by atomic mass is 19.4. The summed E-state index contributed by atoms with van der Waals surface area (Å²) in [4.78, 5) is 0. The number of benzene rings is 1. The zero-order chi connectivity index (χ0) is 9.90. The van der Waals surface area contributed by atoms with Crippen molar-refractivity contribution in [3.8, 4) is 0 Å². The van der Waals surface area contributed by atoms with Crippen LogP contribution in [0.3, 0.4) is 0 Å². The lowest BCUT2D eigenvalue weighted by atomic mass is 10.1. The number of rotatable bonds is 2. The molecule has 4 heteroatoms. The molecule has 0 atom stereocenters. The second-order valence-corrected chi connectivity index (χ2v) is 2.40. The van der Waals surface area contributed by atoms with Gasteiger partial charge in [-0.05, 0) is 5.56 Å². The molecule has 0 saturated carbocycles. The number of halogens is 3. The van der Waals surface area contributed by atoms with Crippen molar-refractivity contribution in [3.63, 3.8) is 0 Å². The van der Waals surface area contributed by atoms with E-state index in [4.69, 9.17) is 0 Å². The quantitative estimate of drug-likeness (QED) is 0.695. The van der Waals surface area contributed by atoms with E-state index in [0.717, 1.165) is 7.11 Å². The van der Waals surface area contributed by atoms with Gasteiger partial charge in [-0.2, -0.15) is 13.2 Å². The lowest BCUT2D eigenvalue weighted by molar-refractivity contribution is -0.152. The molecular weight excluding hydrogens is 181 g/mol. The number of alkyl halides is 3. The lowest BCUT2D eigenvalue weighted by Crippen LogP contribution is -2.23. The van der Waals surface area contributed by atoms with Gasteiger partial charge in [0.05, 0.1) is 0 Å². The third-order valence-corrected chi connectivity index (χ3v) is 1.50. The minimum absolute atomic E-state index is 0.0394. The SMILES string of the molecule is CO[C](c1ccccc1)C(F)(F)F. The fourth-order valence-electron chi connectivity index (χ4n) is 0.987. The summed E-state index contributed by atoms with van der Waals surface area (Å²) in [7, 11) is 1.01. The molecule has 1 nitrogen and oxygen atoms in total. The monoisotopic (exact) mass is 189 g/mol. The maximum Gasteiger partial charge on any atom is 0.425 e. The maximum absolute atomic E-state index is 12.2. The van der Waals surface area contributed by atoms with Gasteiger partial charge in [-0.3, -0.25) is 0 Å². The smallest absolute Gasteiger partial charge is 0.361 e. The Morgan fingerprint density at radius 3 is 2.08 bits per heavy atom. The molecule has 0 unspecified atom stereocenters. The minimum Gasteiger partial charge on any atom is -0.361 e. The van der Waals surface area contributed by atoms with Crippen molar-refractivity contribution in [1.82, 2.24) is 0 Å². The highest BCUT2D eigenvalue weighted by molar-refractivity contribution is 5.29. The summed E-state index contributed by atoms with van der Waals surface area (Å²) in [5, 5.41) is 0. The summed E-state index contributed by atoms with van der Waals surface area (Å²) in [5.74, 6) is 0. The van der Waals surface area contributed by atoms with Crippen LogP contribution in [0.1, 0.15) is 5.56 Å². The molecule has 0 bridgehead atoms. The topological polar surface area (TPSA) is 9.23 Å². The fourth-order valence-corrected chi connectivity index (χ4v) is 0.987. The van der Waals surface area contributed by atoms with Gasteiger partial charge in [-0.1, -0.05) is 30.3 Å². The van der Waals surface area contributed by atoms with Crippen molar-refractivity contribution in [2.24, 2.45) is 0 Å². The molecule has 13 heavy (non-hydrogen) atoms. The highest BCUT2D eigenvalue weighted by Gasteiger charge is 2.42. The maximum atomic E-state index is 12.2. The molecule has 1 aromatic carbocycles. The van der Waals surface area contributed by atoms with Crippen molar-refractivity contribution in [2.75, 3.05) is 7.11 Å². The standard InChI is InChI=1S/C9H8F3O/c1-13-8(9(10,11)12)7-5-3-2-4-6-7/h2-6H,1H3. The van der Waals surface area contributed by atoms with Crippen LogP contribution in [0.25, 0.3) is 0 Å². The van der Waals surface area contributed by atoms with Gasteiger partial charge >= 0.3 is 6.18 Å². The van der Waals surface area contributed by atoms with Crippen LogP contribution in [0.5, 0.6) is 0 Å². The molecular formula is C9H8F3O. The van der Waals surface area contributed by atoms with Gasteiger partial charge in [0.1, 0.15) is 0 Å². The lowest BCUT2D eigenvalue weighted by Gasteiger charge is -2.16. The van der Waals surface area contributed by atoms with Crippen molar-refractivity contribution in [1.29, 1.82) is 0 Å². The van der Waals surface area contributed by atoms with Crippen molar-refractivity contribution in [3.05, 3.63) is 42.0 Å². The predicted molar refractivity (Wildman–Crippen MR) is 41.9 cm³/mol. The summed E-state index contributed by atoms with van der Waals surface area (Å²) in [6, 6.07) is 7.41. The predicted octanol–water partition coefficient (Wildman–Crippen LogP) is 2.78. The summed E-state index contributed by atoms with van der Waals surface area (Å²) < 4.78 is 41.0. The van der Waals surface area contributed by atoms with Crippen LogP contribution in [-0.4, -0.2) is 13.3 Å². The van der Waals surface area contributed by atoms with Crippen LogP contribution in [0.15, 0.2) is 30.3 Å². The Kier molecular flexibility index (Phi) is 2.93. The summed E-state index contributed by atoms with van der Waals surface area (Å²) in [6.45, 7) is 0. The first-order valence-corrected chi connectivity index (χ1v) is 3.59. The van der Waals surface area contributed by atoms with E-state index < -0.39 is 12.3 Å². The normalized spacial score (nSPS) is 12.1. The van der Waals surface area contributed by atoms with Gasteiger partial charge in [0.2, 0.25) is 6.10 Å². The Labute approximate surface area is 74.1 Å². The van der Waals surface area contributed by atoms with Gasteiger partial charge in [0.15, 0.2) is 0 Å². The first-order valence-electron chi connectivity index (χ1n) is 3.59. The van der Waals surface area contributed by atoms with Crippen molar-refractivity contribution in [2.45, 2.75) is 6.18 Å². The minimum atomic E-state index is -4.43. The van der Waals surface area contributed by atoms with Gasteiger partial charge in [0.25, 0.3) is 0 Å². The average molecular weight is 189 g/mol. The molecule has 71 valence electrons. The Morgan fingerprint density at radius 2 is 1.69 bits per heavy atom. The second-order valence-electron chi connectivity index (χ2n) is 2.40. The second kappa shape index (κ2) is 3.79. The van der Waals surface area contributed by atoms with Crippen LogP contribution in [0.4, 0.5) is 13.2 Å². The fraction of sp³-hybridized carbons (Fsp3) is 0.222. The molecule has 1 radical (unpaired) electrons. The first-order chi connectivity index (χ1) is 6.05. The van der Waals surface area contributed by atoms with E-state index in [-0.39, 0.29) is 5.56 Å². The molecule has 0 aliphatic rings. The molecule has 0 aromatic heterocycles. The summed E-state index contributed by atoms with van der Waals surface area (Å²) in [5.41, 5.74) is 0.0394. The number of ether oxygens (including phenoxy) is 1. The van der Waals surface area contributed by atoms with Gasteiger partial charge < -0.3 is 4.74 Å². The van der Waals surface area contributed by atoms with Crippen molar-refractivity contribution < 1.29 is 17.9 Å². The molecule has 0 amide bonds. The van der Waals surface area contributed by atoms with E-state index in [1.807, 2.05) is 0 Å². The van der Waals surface area contributed by atoms with Gasteiger partial charge in [0, 0.05) is 7.11 Å². The third kappa shape index (κ3) is 2.45. The van der Waals surface area contributed by atoms with E-state index in [9.17, 15) is 13.2 Å². The highest BCUT2D eigenvalue weighted by Crippen LogP contribution is 2.33. The van der Waals surface area contributed by atoms with Crippen LogP contribution in [0, 0.1) is 6.10 Å². The first kappa shape index (κ1) is 10.1. The summed E-state index contributed by atoms with van der Waals surface area (Å²) >= 11 is 0. The molecule has 1 aromatic rings. The van der Waals surface area contributed by atoms with E-state index in [0.29, 0.717) is 0 Å². The van der Waals surface area contributed by atoms with Crippen LogP contribution in [0.2, 0.25) is 0 Å². The third-order valence-electron chi connectivity index (χ3n) is 1.50.